The predicted octanol–water partition coefficient (Wildman–Crippen LogP) is 2.46. The molecule has 0 saturated heterocycles. The van der Waals surface area contributed by atoms with Gasteiger partial charge in [0, 0.05) is 0 Å². The predicted molar refractivity (Wildman–Crippen MR) is 60.1 cm³/mol. The third-order valence-corrected chi connectivity index (χ3v) is 2.47. The van der Waals surface area contributed by atoms with Crippen LogP contribution >= 0.6 is 0 Å². The molecule has 0 aliphatic heterocycles. The third kappa shape index (κ3) is 7.37. The normalized spacial score (nSPS) is 15.0. The highest BCUT2D eigenvalue weighted by molar-refractivity contribution is 5.67. The number of aliphatic hydroxyl groups is 1. The van der Waals surface area contributed by atoms with E-state index in [1.54, 1.807) is 0 Å². The number of ether oxygens (including phenoxy) is 1. The molecule has 1 amide bonds. The Morgan fingerprint density at radius 3 is 2.50 bits per heavy atom. The molecular weight excluding hydrogens is 251 g/mol. The zero-order valence-electron chi connectivity index (χ0n) is 10.6. The fourth-order valence-corrected chi connectivity index (χ4v) is 1.26. The second-order valence-electron chi connectivity index (χ2n) is 4.19. The average Bonchev–Trinajstić information content (AvgIpc) is 2.27. The van der Waals surface area contributed by atoms with Crippen LogP contribution in [0.2, 0.25) is 0 Å². The summed E-state index contributed by atoms with van der Waals surface area (Å²) in [5.74, 6) is -1.59. The lowest BCUT2D eigenvalue weighted by atomic mass is 10.0. The minimum absolute atomic E-state index is 0.218. The molecule has 0 aromatic carbocycles. The summed E-state index contributed by atoms with van der Waals surface area (Å²) in [5, 5.41) is 11.1. The van der Waals surface area contributed by atoms with Crippen molar-refractivity contribution < 1.29 is 27.8 Å². The molecule has 0 aliphatic rings. The Morgan fingerprint density at radius 1 is 1.44 bits per heavy atom. The molecule has 0 bridgehead atoms. The number of aliphatic hydroxyl groups excluding tert-OH is 1. The van der Waals surface area contributed by atoms with Gasteiger partial charge in [0.15, 0.2) is 0 Å². The Morgan fingerprint density at radius 2 is 2.06 bits per heavy atom. The van der Waals surface area contributed by atoms with E-state index in [2.05, 4.69) is 5.32 Å². The molecule has 0 aliphatic carbocycles. The number of unbranched alkanes of at least 4 members (excludes halogenated alkanes) is 1. The molecule has 0 radical (unpaired) electrons. The highest BCUT2D eigenvalue weighted by Gasteiger charge is 2.37. The van der Waals surface area contributed by atoms with Gasteiger partial charge in [-0.25, -0.2) is 4.79 Å². The standard InChI is InChI=1S/C11H20F3NO3/c1-3-4-5-18-10(17)15-9(7-16)6-8(2)11(12,13)14/h8-9,16H,3-7H2,1-2H3,(H,15,17)/t8?,9-/m0/s1. The molecule has 0 aromatic heterocycles. The molecule has 0 saturated carbocycles. The molecule has 4 nitrogen and oxygen atoms in total. The summed E-state index contributed by atoms with van der Waals surface area (Å²) in [4.78, 5) is 11.2. The Hall–Kier alpha value is -0.980. The van der Waals surface area contributed by atoms with Crippen molar-refractivity contribution in [1.29, 1.82) is 0 Å². The molecule has 108 valence electrons. The van der Waals surface area contributed by atoms with Crippen LogP contribution in [0, 0.1) is 5.92 Å². The first-order chi connectivity index (χ1) is 8.31. The smallest absolute Gasteiger partial charge is 0.407 e. The van der Waals surface area contributed by atoms with Crippen molar-refractivity contribution >= 4 is 6.09 Å². The van der Waals surface area contributed by atoms with Crippen molar-refractivity contribution in [3.8, 4) is 0 Å². The molecule has 18 heavy (non-hydrogen) atoms. The lowest BCUT2D eigenvalue weighted by molar-refractivity contribution is -0.173. The van der Waals surface area contributed by atoms with Gasteiger partial charge in [-0.3, -0.25) is 0 Å². The van der Waals surface area contributed by atoms with Gasteiger partial charge >= 0.3 is 12.3 Å². The summed E-state index contributed by atoms with van der Waals surface area (Å²) >= 11 is 0. The van der Waals surface area contributed by atoms with Crippen LogP contribution in [0.1, 0.15) is 33.1 Å². The van der Waals surface area contributed by atoms with Gasteiger partial charge in [-0.05, 0) is 12.8 Å². The van der Waals surface area contributed by atoms with Gasteiger partial charge in [-0.15, -0.1) is 0 Å². The number of alkyl carbamates (subject to hydrolysis) is 1. The van der Waals surface area contributed by atoms with E-state index in [0.29, 0.717) is 6.42 Å². The van der Waals surface area contributed by atoms with Crippen LogP contribution in [0.25, 0.3) is 0 Å². The monoisotopic (exact) mass is 271 g/mol. The fraction of sp³-hybridized carbons (Fsp3) is 0.909. The fourth-order valence-electron chi connectivity index (χ4n) is 1.26. The summed E-state index contributed by atoms with van der Waals surface area (Å²) in [6.45, 7) is 2.59. The molecule has 0 rings (SSSR count). The number of carbonyl (C=O) groups is 1. The van der Waals surface area contributed by atoms with Crippen molar-refractivity contribution in [2.24, 2.45) is 5.92 Å². The van der Waals surface area contributed by atoms with Crippen LogP contribution in [-0.2, 0) is 4.74 Å². The second kappa shape index (κ2) is 8.18. The Labute approximate surface area is 105 Å². The van der Waals surface area contributed by atoms with E-state index in [1.807, 2.05) is 6.92 Å². The maximum atomic E-state index is 12.3. The first-order valence-corrected chi connectivity index (χ1v) is 5.92. The summed E-state index contributed by atoms with van der Waals surface area (Å²) < 4.78 is 41.7. The van der Waals surface area contributed by atoms with Crippen LogP contribution in [0.4, 0.5) is 18.0 Å². The van der Waals surface area contributed by atoms with Gasteiger partial charge in [-0.2, -0.15) is 13.2 Å². The molecule has 2 N–H and O–H groups in total. The number of alkyl halides is 3. The molecule has 2 atom stereocenters. The maximum Gasteiger partial charge on any atom is 0.407 e. The van der Waals surface area contributed by atoms with E-state index < -0.39 is 30.8 Å². The second-order valence-corrected chi connectivity index (χ2v) is 4.19. The molecule has 0 aromatic rings. The van der Waals surface area contributed by atoms with Crippen molar-refractivity contribution in [3.63, 3.8) is 0 Å². The van der Waals surface area contributed by atoms with Gasteiger partial charge < -0.3 is 15.2 Å². The Bertz CT molecular complexity index is 246. The van der Waals surface area contributed by atoms with Crippen LogP contribution in [0.15, 0.2) is 0 Å². The van der Waals surface area contributed by atoms with Crippen LogP contribution in [-0.4, -0.2) is 36.6 Å². The van der Waals surface area contributed by atoms with Gasteiger partial charge in [0.1, 0.15) is 0 Å². The zero-order chi connectivity index (χ0) is 14.2. The molecular formula is C11H20F3NO3. The quantitative estimate of drug-likeness (QED) is 0.699. The molecule has 0 spiro atoms. The number of carbonyl (C=O) groups excluding carboxylic acids is 1. The zero-order valence-corrected chi connectivity index (χ0v) is 10.6. The van der Waals surface area contributed by atoms with Crippen LogP contribution in [0.5, 0.6) is 0 Å². The number of hydrogen-bond donors (Lipinski definition) is 2. The first-order valence-electron chi connectivity index (χ1n) is 5.92. The van der Waals surface area contributed by atoms with Gasteiger partial charge in [0.05, 0.1) is 25.2 Å². The largest absolute Gasteiger partial charge is 0.450 e. The molecule has 7 heteroatoms. The van der Waals surface area contributed by atoms with E-state index in [-0.39, 0.29) is 13.0 Å². The third-order valence-electron chi connectivity index (χ3n) is 2.47. The Balaban J connectivity index is 4.07. The van der Waals surface area contributed by atoms with Gasteiger partial charge in [-0.1, -0.05) is 20.3 Å². The highest BCUT2D eigenvalue weighted by Crippen LogP contribution is 2.29. The van der Waals surface area contributed by atoms with Gasteiger partial charge in [0.25, 0.3) is 0 Å². The maximum absolute atomic E-state index is 12.3. The summed E-state index contributed by atoms with van der Waals surface area (Å²) in [5.41, 5.74) is 0. The van der Waals surface area contributed by atoms with E-state index in [9.17, 15) is 18.0 Å². The molecule has 0 heterocycles. The van der Waals surface area contributed by atoms with E-state index in [1.165, 1.54) is 0 Å². The minimum atomic E-state index is -4.33. The van der Waals surface area contributed by atoms with E-state index in [4.69, 9.17) is 9.84 Å². The van der Waals surface area contributed by atoms with Crippen LogP contribution in [0.3, 0.4) is 0 Å². The lowest BCUT2D eigenvalue weighted by Gasteiger charge is -2.22. The van der Waals surface area contributed by atoms with Crippen molar-refractivity contribution in [1.82, 2.24) is 5.32 Å². The minimum Gasteiger partial charge on any atom is -0.450 e. The van der Waals surface area contributed by atoms with Gasteiger partial charge in [0.2, 0.25) is 0 Å². The average molecular weight is 271 g/mol. The van der Waals surface area contributed by atoms with Crippen molar-refractivity contribution in [2.75, 3.05) is 13.2 Å². The highest BCUT2D eigenvalue weighted by atomic mass is 19.4. The number of hydrogen-bond acceptors (Lipinski definition) is 3. The summed E-state index contributed by atoms with van der Waals surface area (Å²) in [7, 11) is 0. The first kappa shape index (κ1) is 17.0. The molecule has 0 fully saturated rings. The van der Waals surface area contributed by atoms with E-state index >= 15 is 0 Å². The Kier molecular flexibility index (Phi) is 7.73. The van der Waals surface area contributed by atoms with Crippen LogP contribution < -0.4 is 5.32 Å². The lowest BCUT2D eigenvalue weighted by Crippen LogP contribution is -2.41. The summed E-state index contributed by atoms with van der Waals surface area (Å²) in [6, 6.07) is -0.948. The summed E-state index contributed by atoms with van der Waals surface area (Å²) in [6.07, 6.45) is -3.96. The number of rotatable bonds is 7. The van der Waals surface area contributed by atoms with Crippen molar-refractivity contribution in [3.05, 3.63) is 0 Å². The number of halogens is 3. The number of amides is 1. The topological polar surface area (TPSA) is 58.6 Å². The number of nitrogens with one attached hydrogen (secondary N) is 1. The SMILES string of the molecule is CCCCOC(=O)N[C@H](CO)CC(C)C(F)(F)F. The van der Waals surface area contributed by atoms with E-state index in [0.717, 1.165) is 13.3 Å². The molecule has 1 unspecified atom stereocenters. The van der Waals surface area contributed by atoms with Crippen molar-refractivity contribution in [2.45, 2.75) is 45.3 Å².